The van der Waals surface area contributed by atoms with Gasteiger partial charge in [-0.3, -0.25) is 15.0 Å². The number of hydrogen-bond donors (Lipinski definition) is 2. The summed E-state index contributed by atoms with van der Waals surface area (Å²) >= 11 is 0. The number of aromatic nitrogens is 2. The van der Waals surface area contributed by atoms with E-state index in [0.717, 1.165) is 5.75 Å². The van der Waals surface area contributed by atoms with Crippen LogP contribution in [0, 0.1) is 6.92 Å². The molecule has 110 valence electrons. The van der Waals surface area contributed by atoms with E-state index in [1.807, 2.05) is 12.3 Å². The van der Waals surface area contributed by atoms with Crippen molar-refractivity contribution in [2.45, 2.75) is 13.8 Å². The standard InChI is InChI=1S/C14H16N4O3/c1-3-21-11-6-4-10(5-7-11)18-9(2)8-12(19)13(17-18)14(20)16-15/h4-8H,3,15H2,1-2H3,(H,16,20). The molecule has 0 spiro atoms. The number of aryl methyl sites for hydroxylation is 1. The fourth-order valence-corrected chi connectivity index (χ4v) is 1.88. The Morgan fingerprint density at radius 3 is 2.62 bits per heavy atom. The minimum absolute atomic E-state index is 0.253. The molecular formula is C14H16N4O3. The number of nitrogen functional groups attached to an aromatic ring is 1. The van der Waals surface area contributed by atoms with Gasteiger partial charge in [0.2, 0.25) is 5.43 Å². The van der Waals surface area contributed by atoms with Gasteiger partial charge in [-0.15, -0.1) is 0 Å². The lowest BCUT2D eigenvalue weighted by molar-refractivity contribution is 0.0945. The molecule has 0 radical (unpaired) electrons. The normalized spacial score (nSPS) is 10.2. The SMILES string of the molecule is CCOc1ccc(-n2nc(C(=O)NN)c(=O)cc2C)cc1. The van der Waals surface area contributed by atoms with E-state index in [4.69, 9.17) is 10.6 Å². The van der Waals surface area contributed by atoms with Gasteiger partial charge >= 0.3 is 0 Å². The number of benzene rings is 1. The van der Waals surface area contributed by atoms with Gasteiger partial charge in [0.05, 0.1) is 12.3 Å². The molecule has 0 saturated heterocycles. The van der Waals surface area contributed by atoms with Gasteiger partial charge in [-0.25, -0.2) is 10.5 Å². The van der Waals surface area contributed by atoms with E-state index < -0.39 is 11.3 Å². The zero-order valence-corrected chi connectivity index (χ0v) is 11.8. The number of nitrogens with two attached hydrogens (primary N) is 1. The maximum absolute atomic E-state index is 11.8. The number of nitrogens with one attached hydrogen (secondary N) is 1. The summed E-state index contributed by atoms with van der Waals surface area (Å²) in [5.41, 5.74) is 2.50. The van der Waals surface area contributed by atoms with Gasteiger partial charge in [0.1, 0.15) is 5.75 Å². The van der Waals surface area contributed by atoms with E-state index in [1.54, 1.807) is 31.2 Å². The van der Waals surface area contributed by atoms with Gasteiger partial charge in [0.25, 0.3) is 5.91 Å². The third-order valence-corrected chi connectivity index (χ3v) is 2.85. The van der Waals surface area contributed by atoms with Crippen LogP contribution in [0.25, 0.3) is 5.69 Å². The highest BCUT2D eigenvalue weighted by atomic mass is 16.5. The Labute approximate surface area is 121 Å². The van der Waals surface area contributed by atoms with Crippen LogP contribution in [0.1, 0.15) is 23.1 Å². The van der Waals surface area contributed by atoms with Crippen LogP contribution in [0.5, 0.6) is 5.75 Å². The quantitative estimate of drug-likeness (QED) is 0.486. The third kappa shape index (κ3) is 3.09. The second kappa shape index (κ2) is 6.19. The number of hydrogen-bond acceptors (Lipinski definition) is 5. The minimum Gasteiger partial charge on any atom is -0.494 e. The Hall–Kier alpha value is -2.67. The Balaban J connectivity index is 2.48. The van der Waals surface area contributed by atoms with E-state index in [0.29, 0.717) is 18.0 Å². The second-order valence-corrected chi connectivity index (χ2v) is 4.31. The number of amides is 1. The van der Waals surface area contributed by atoms with Crippen LogP contribution < -0.4 is 21.4 Å². The summed E-state index contributed by atoms with van der Waals surface area (Å²) in [6.45, 7) is 4.21. The van der Waals surface area contributed by atoms with Crippen LogP contribution in [-0.4, -0.2) is 22.3 Å². The van der Waals surface area contributed by atoms with Gasteiger partial charge < -0.3 is 4.74 Å². The average Bonchev–Trinajstić information content (AvgIpc) is 2.48. The minimum atomic E-state index is -0.723. The van der Waals surface area contributed by atoms with Gasteiger partial charge in [-0.2, -0.15) is 5.10 Å². The van der Waals surface area contributed by atoms with E-state index in [1.165, 1.54) is 10.7 Å². The smallest absolute Gasteiger partial charge is 0.289 e. The molecule has 1 heterocycles. The third-order valence-electron chi connectivity index (χ3n) is 2.85. The van der Waals surface area contributed by atoms with Crippen molar-refractivity contribution in [3.8, 4) is 11.4 Å². The van der Waals surface area contributed by atoms with Gasteiger partial charge in [-0.1, -0.05) is 0 Å². The predicted molar refractivity (Wildman–Crippen MR) is 77.4 cm³/mol. The number of carbonyl (C=O) groups excluding carboxylic acids is 1. The van der Waals surface area contributed by atoms with E-state index in [9.17, 15) is 9.59 Å². The lowest BCUT2D eigenvalue weighted by atomic mass is 10.2. The van der Waals surface area contributed by atoms with Crippen molar-refractivity contribution in [2.24, 2.45) is 5.84 Å². The first-order chi connectivity index (χ1) is 10.1. The van der Waals surface area contributed by atoms with Crippen molar-refractivity contribution in [3.63, 3.8) is 0 Å². The molecule has 1 aromatic heterocycles. The van der Waals surface area contributed by atoms with Crippen LogP contribution >= 0.6 is 0 Å². The molecule has 0 aliphatic rings. The fourth-order valence-electron chi connectivity index (χ4n) is 1.88. The number of carbonyl (C=O) groups is 1. The highest BCUT2D eigenvalue weighted by molar-refractivity contribution is 5.91. The molecule has 21 heavy (non-hydrogen) atoms. The van der Waals surface area contributed by atoms with Crippen LogP contribution in [0.4, 0.5) is 0 Å². The molecule has 2 rings (SSSR count). The number of rotatable bonds is 4. The molecule has 0 unspecified atom stereocenters. The summed E-state index contributed by atoms with van der Waals surface area (Å²) < 4.78 is 6.87. The largest absolute Gasteiger partial charge is 0.494 e. The van der Waals surface area contributed by atoms with E-state index >= 15 is 0 Å². The zero-order chi connectivity index (χ0) is 15.4. The van der Waals surface area contributed by atoms with Crippen molar-refractivity contribution in [2.75, 3.05) is 6.61 Å². The monoisotopic (exact) mass is 288 g/mol. The average molecular weight is 288 g/mol. The summed E-state index contributed by atoms with van der Waals surface area (Å²) in [6, 6.07) is 8.51. The van der Waals surface area contributed by atoms with Crippen LogP contribution in [-0.2, 0) is 0 Å². The first-order valence-electron chi connectivity index (χ1n) is 6.42. The number of hydrazine groups is 1. The van der Waals surface area contributed by atoms with Crippen LogP contribution in [0.3, 0.4) is 0 Å². The van der Waals surface area contributed by atoms with Gasteiger partial charge in [0, 0.05) is 11.8 Å². The molecule has 1 amide bonds. The summed E-state index contributed by atoms with van der Waals surface area (Å²) in [5, 5.41) is 4.06. The Bertz CT molecular complexity index is 707. The summed E-state index contributed by atoms with van der Waals surface area (Å²) in [7, 11) is 0. The van der Waals surface area contributed by atoms with Gasteiger partial charge in [-0.05, 0) is 38.1 Å². The van der Waals surface area contributed by atoms with Crippen molar-refractivity contribution < 1.29 is 9.53 Å². The Morgan fingerprint density at radius 2 is 2.05 bits per heavy atom. The van der Waals surface area contributed by atoms with Crippen LogP contribution in [0.15, 0.2) is 35.1 Å². The number of ether oxygens (including phenoxy) is 1. The molecule has 0 fully saturated rings. The highest BCUT2D eigenvalue weighted by Crippen LogP contribution is 2.15. The molecule has 0 bridgehead atoms. The second-order valence-electron chi connectivity index (χ2n) is 4.31. The molecule has 2 aromatic rings. The fraction of sp³-hybridized carbons (Fsp3) is 0.214. The van der Waals surface area contributed by atoms with Crippen molar-refractivity contribution in [3.05, 3.63) is 51.9 Å². The Kier molecular flexibility index (Phi) is 4.34. The van der Waals surface area contributed by atoms with Crippen molar-refractivity contribution in [1.29, 1.82) is 0 Å². The molecule has 0 saturated carbocycles. The first-order valence-corrected chi connectivity index (χ1v) is 6.42. The maximum Gasteiger partial charge on any atom is 0.289 e. The summed E-state index contributed by atoms with van der Waals surface area (Å²) in [6.07, 6.45) is 0. The van der Waals surface area contributed by atoms with Crippen molar-refractivity contribution in [1.82, 2.24) is 15.2 Å². The molecule has 0 atom stereocenters. The zero-order valence-electron chi connectivity index (χ0n) is 11.8. The molecule has 7 nitrogen and oxygen atoms in total. The molecule has 1 aromatic carbocycles. The van der Waals surface area contributed by atoms with Crippen molar-refractivity contribution >= 4 is 5.91 Å². The predicted octanol–water partition coefficient (Wildman–Crippen LogP) is 0.543. The van der Waals surface area contributed by atoms with Crippen LogP contribution in [0.2, 0.25) is 0 Å². The topological polar surface area (TPSA) is 99.2 Å². The van der Waals surface area contributed by atoms with E-state index in [2.05, 4.69) is 5.10 Å². The number of nitrogens with zero attached hydrogens (tertiary/aromatic N) is 2. The Morgan fingerprint density at radius 1 is 1.38 bits per heavy atom. The molecule has 0 aliphatic carbocycles. The molecule has 3 N–H and O–H groups in total. The molecular weight excluding hydrogens is 272 g/mol. The highest BCUT2D eigenvalue weighted by Gasteiger charge is 2.14. The summed E-state index contributed by atoms with van der Waals surface area (Å²) in [4.78, 5) is 23.3. The lowest BCUT2D eigenvalue weighted by Gasteiger charge is -2.11. The molecule has 7 heteroatoms. The maximum atomic E-state index is 11.8. The summed E-state index contributed by atoms with van der Waals surface area (Å²) in [5.74, 6) is 5.06. The lowest BCUT2D eigenvalue weighted by Crippen LogP contribution is -2.36. The molecule has 0 aliphatic heterocycles. The van der Waals surface area contributed by atoms with Gasteiger partial charge in [0.15, 0.2) is 5.69 Å². The first kappa shape index (κ1) is 14.7. The van der Waals surface area contributed by atoms with E-state index in [-0.39, 0.29) is 5.69 Å².